The molecule has 0 saturated carbocycles. The number of amides is 6. The van der Waals surface area contributed by atoms with Crippen molar-refractivity contribution in [2.75, 3.05) is 46.1 Å². The fourth-order valence-corrected chi connectivity index (χ4v) is 8.39. The number of fused-ring (bicyclic) bond motifs is 5. The van der Waals surface area contributed by atoms with Crippen molar-refractivity contribution in [3.05, 3.63) is 61.7 Å². The molecule has 1 aliphatic carbocycles. The first kappa shape index (κ1) is 49.1. The van der Waals surface area contributed by atoms with Gasteiger partial charge in [0.2, 0.25) is 35.4 Å². The van der Waals surface area contributed by atoms with Gasteiger partial charge in [0.15, 0.2) is 5.60 Å². The number of carbonyl (C=O) groups is 7. The van der Waals surface area contributed by atoms with Crippen molar-refractivity contribution < 1.29 is 57.3 Å². The van der Waals surface area contributed by atoms with E-state index >= 15 is 4.39 Å². The van der Waals surface area contributed by atoms with Crippen LogP contribution in [0.15, 0.2) is 16.9 Å². The Kier molecular flexibility index (Phi) is 16.2. The van der Waals surface area contributed by atoms with Gasteiger partial charge in [-0.3, -0.25) is 33.6 Å². The lowest BCUT2D eigenvalue weighted by atomic mass is 9.81. The third-order valence-electron chi connectivity index (χ3n) is 12.1. The topological polar surface area (TPSA) is 274 Å². The molecule has 3 aromatic rings. The highest BCUT2D eigenvalue weighted by Crippen LogP contribution is 2.46. The smallest absolute Gasteiger partial charge is 0.343 e. The van der Waals surface area contributed by atoms with Crippen molar-refractivity contribution in [2.24, 2.45) is 0 Å². The summed E-state index contributed by atoms with van der Waals surface area (Å²) in [5.74, 6) is -4.96. The molecule has 356 valence electrons. The number of benzene rings is 1. The number of aromatic nitrogens is 2. The molecule has 1 unspecified atom stereocenters. The highest BCUT2D eigenvalue weighted by atomic mass is 19.1. The first-order chi connectivity index (χ1) is 31.6. The van der Waals surface area contributed by atoms with E-state index in [0.717, 1.165) is 37.7 Å². The normalized spacial score (nSPS) is 17.1. The SMILES string of the molecule is CCCCCCC(C)OCC(=O)NCC(=O)NCC(=O)NCC(=O)NCC(=O)NCOCC(=O)N[C@H]1CCc2c(C)c(F)cc3nc4c(c1c23)Cn1c-4cc2c(c1=O)COC(=O)[C@]2(O)CC. The highest BCUT2D eigenvalue weighted by molar-refractivity contribution is 5.94. The van der Waals surface area contributed by atoms with Gasteiger partial charge in [0.05, 0.1) is 67.3 Å². The average molecular weight is 921 g/mol. The van der Waals surface area contributed by atoms with Crippen molar-refractivity contribution in [1.29, 1.82) is 0 Å². The summed E-state index contributed by atoms with van der Waals surface area (Å²) < 4.78 is 32.8. The van der Waals surface area contributed by atoms with Crippen molar-refractivity contribution in [1.82, 2.24) is 41.5 Å². The highest BCUT2D eigenvalue weighted by Gasteiger charge is 2.46. The van der Waals surface area contributed by atoms with E-state index in [1.807, 2.05) is 6.92 Å². The first-order valence-electron chi connectivity index (χ1n) is 22.2. The number of halogens is 1. The fourth-order valence-electron chi connectivity index (χ4n) is 8.39. The van der Waals surface area contributed by atoms with Gasteiger partial charge in [-0.2, -0.15) is 0 Å². The fraction of sp³-hybridized carbons (Fsp3) is 0.533. The van der Waals surface area contributed by atoms with E-state index in [1.165, 1.54) is 10.6 Å². The summed E-state index contributed by atoms with van der Waals surface area (Å²) in [7, 11) is 0. The van der Waals surface area contributed by atoms with Gasteiger partial charge in [-0.1, -0.05) is 39.5 Å². The number of unbranched alkanes of at least 4 members (excludes halogenated alkanes) is 3. The van der Waals surface area contributed by atoms with Crippen LogP contribution >= 0.6 is 0 Å². The summed E-state index contributed by atoms with van der Waals surface area (Å²) in [5.41, 5.74) is 1.28. The zero-order valence-corrected chi connectivity index (χ0v) is 37.5. The second-order valence-electron chi connectivity index (χ2n) is 16.6. The first-order valence-corrected chi connectivity index (χ1v) is 22.2. The van der Waals surface area contributed by atoms with Gasteiger partial charge in [-0.05, 0) is 62.3 Å². The van der Waals surface area contributed by atoms with Gasteiger partial charge < -0.3 is 55.8 Å². The predicted molar refractivity (Wildman–Crippen MR) is 234 cm³/mol. The zero-order chi connectivity index (χ0) is 47.7. The number of rotatable bonds is 22. The Morgan fingerprint density at radius 3 is 2.18 bits per heavy atom. The molecule has 6 rings (SSSR count). The maximum atomic E-state index is 15.3. The molecule has 3 atom stereocenters. The van der Waals surface area contributed by atoms with Gasteiger partial charge >= 0.3 is 5.97 Å². The van der Waals surface area contributed by atoms with Crippen LogP contribution in [-0.2, 0) is 72.9 Å². The van der Waals surface area contributed by atoms with Crippen LogP contribution in [0.1, 0.15) is 105 Å². The van der Waals surface area contributed by atoms with Crippen molar-refractivity contribution in [3.8, 4) is 11.4 Å². The van der Waals surface area contributed by atoms with Crippen LogP contribution in [0.2, 0.25) is 0 Å². The minimum Gasteiger partial charge on any atom is -0.458 e. The molecule has 4 heterocycles. The maximum absolute atomic E-state index is 15.3. The molecule has 1 aromatic carbocycles. The Hall–Kier alpha value is -6.32. The second kappa shape index (κ2) is 21.8. The number of aliphatic hydroxyl groups is 1. The molecule has 66 heavy (non-hydrogen) atoms. The van der Waals surface area contributed by atoms with Crippen LogP contribution in [0.3, 0.4) is 0 Å². The Bertz CT molecular complexity index is 2480. The quantitative estimate of drug-likeness (QED) is 0.0323. The summed E-state index contributed by atoms with van der Waals surface area (Å²) in [6.45, 7) is 4.23. The van der Waals surface area contributed by atoms with Crippen LogP contribution in [-0.4, -0.2) is 108 Å². The Morgan fingerprint density at radius 2 is 1.53 bits per heavy atom. The molecule has 0 radical (unpaired) electrons. The van der Waals surface area contributed by atoms with Crippen molar-refractivity contribution in [2.45, 2.75) is 110 Å². The molecule has 2 aromatic heterocycles. The Morgan fingerprint density at radius 1 is 0.879 bits per heavy atom. The minimum atomic E-state index is -2.04. The molecule has 0 bridgehead atoms. The van der Waals surface area contributed by atoms with E-state index < -0.39 is 90.7 Å². The van der Waals surface area contributed by atoms with Crippen LogP contribution in [0, 0.1) is 12.7 Å². The maximum Gasteiger partial charge on any atom is 0.343 e. The molecule has 7 N–H and O–H groups in total. The minimum absolute atomic E-state index is 0.0389. The van der Waals surface area contributed by atoms with E-state index in [9.17, 15) is 43.5 Å². The Labute approximate surface area is 379 Å². The Balaban J connectivity index is 0.935. The van der Waals surface area contributed by atoms with E-state index in [0.29, 0.717) is 51.8 Å². The number of nitrogens with zero attached hydrogens (tertiary/aromatic N) is 2. The largest absolute Gasteiger partial charge is 0.458 e. The van der Waals surface area contributed by atoms with E-state index in [1.54, 1.807) is 19.9 Å². The molecule has 6 amide bonds. The lowest BCUT2D eigenvalue weighted by Crippen LogP contribution is -2.46. The third kappa shape index (κ3) is 11.2. The molecule has 2 aliphatic heterocycles. The standard InChI is InChI=1S/C45H57FN8O12/c1-5-7-8-9-10-24(3)65-22-38(59)50-17-36(57)48-15-34(55)47-16-35(56)49-18-37(58)51-23-64-21-39(60)52-31-12-11-26-25(4)30(46)14-32-40(26)41(31)27-19-54-33(42(27)53-32)13-29-28(43(54)61)20-66-44(62)45(29,63)6-2/h13-14,24,31,63H,5-12,15-23H2,1-4H3,(H,47,55)(H,48,57)(H,49,56)(H,50,59)(H,51,58)(H,52,60)/t24?,31-,45-/m0/s1. The number of hydrogen-bond acceptors (Lipinski definition) is 13. The molecule has 20 nitrogen and oxygen atoms in total. The predicted octanol–water partition coefficient (Wildman–Crippen LogP) is 0.561. The number of hydrogen-bond donors (Lipinski definition) is 7. The van der Waals surface area contributed by atoms with Crippen molar-refractivity contribution in [3.63, 3.8) is 0 Å². The molecule has 0 spiro atoms. The third-order valence-corrected chi connectivity index (χ3v) is 12.1. The summed E-state index contributed by atoms with van der Waals surface area (Å²) in [4.78, 5) is 105. The van der Waals surface area contributed by atoms with Crippen LogP contribution < -0.4 is 37.5 Å². The van der Waals surface area contributed by atoms with E-state index in [2.05, 4.69) is 38.8 Å². The number of cyclic esters (lactones) is 1. The molecular weight excluding hydrogens is 864 g/mol. The van der Waals surface area contributed by atoms with Gasteiger partial charge in [0.1, 0.15) is 32.4 Å². The monoisotopic (exact) mass is 920 g/mol. The molecular formula is C45H57FN8O12. The van der Waals surface area contributed by atoms with E-state index in [-0.39, 0.29) is 56.7 Å². The molecule has 21 heteroatoms. The van der Waals surface area contributed by atoms with Crippen LogP contribution in [0.5, 0.6) is 0 Å². The number of esters is 1. The zero-order valence-electron chi connectivity index (χ0n) is 37.5. The van der Waals surface area contributed by atoms with Gasteiger partial charge in [-0.15, -0.1) is 0 Å². The molecule has 0 saturated heterocycles. The van der Waals surface area contributed by atoms with Crippen LogP contribution in [0.25, 0.3) is 22.3 Å². The van der Waals surface area contributed by atoms with Gasteiger partial charge in [-0.25, -0.2) is 14.2 Å². The summed E-state index contributed by atoms with van der Waals surface area (Å²) in [6.07, 6.45) is 5.89. The lowest BCUT2D eigenvalue weighted by molar-refractivity contribution is -0.172. The lowest BCUT2D eigenvalue weighted by Gasteiger charge is -2.31. The van der Waals surface area contributed by atoms with Crippen LogP contribution in [0.4, 0.5) is 4.39 Å². The molecule has 0 fully saturated rings. The number of ether oxygens (including phenoxy) is 3. The van der Waals surface area contributed by atoms with Gasteiger partial charge in [0, 0.05) is 22.6 Å². The number of pyridine rings is 2. The summed E-state index contributed by atoms with van der Waals surface area (Å²) >= 11 is 0. The van der Waals surface area contributed by atoms with Gasteiger partial charge in [0.25, 0.3) is 5.56 Å². The summed E-state index contributed by atoms with van der Waals surface area (Å²) in [5, 5.41) is 26.7. The number of aryl methyl sites for hydroxylation is 1. The molecule has 3 aliphatic rings. The number of nitrogens with one attached hydrogen (secondary N) is 6. The summed E-state index contributed by atoms with van der Waals surface area (Å²) in [6, 6.07) is 2.28. The number of carbonyl (C=O) groups excluding carboxylic acids is 7. The average Bonchev–Trinajstić information content (AvgIpc) is 3.67. The van der Waals surface area contributed by atoms with Crippen molar-refractivity contribution >= 4 is 52.3 Å². The van der Waals surface area contributed by atoms with E-state index in [4.69, 9.17) is 19.2 Å². The second-order valence-corrected chi connectivity index (χ2v) is 16.6.